The molecule has 0 spiro atoms. The summed E-state index contributed by atoms with van der Waals surface area (Å²) >= 11 is 0. The minimum absolute atomic E-state index is 0.116. The van der Waals surface area contributed by atoms with Crippen LogP contribution < -0.4 is 4.90 Å². The zero-order chi connectivity index (χ0) is 13.4. The molecule has 2 heterocycles. The molecule has 0 saturated carbocycles. The van der Waals surface area contributed by atoms with Crippen molar-refractivity contribution in [3.63, 3.8) is 0 Å². The first-order valence-electron chi connectivity index (χ1n) is 7.43. The summed E-state index contributed by atoms with van der Waals surface area (Å²) in [7, 11) is 0. The first kappa shape index (κ1) is 12.9. The second kappa shape index (κ2) is 5.14. The third-order valence-corrected chi connectivity index (χ3v) is 4.67. The van der Waals surface area contributed by atoms with Gasteiger partial charge in [-0.05, 0) is 49.8 Å². The average Bonchev–Trinajstić information content (AvgIpc) is 2.70. The Hall–Kier alpha value is -1.06. The second-order valence-electron chi connectivity index (χ2n) is 5.93. The van der Waals surface area contributed by atoms with Crippen molar-refractivity contribution in [3.05, 3.63) is 29.8 Å². The quantitative estimate of drug-likeness (QED) is 0.879. The maximum atomic E-state index is 9.84. The zero-order valence-electron chi connectivity index (χ0n) is 11.5. The molecule has 19 heavy (non-hydrogen) atoms. The molecule has 1 aromatic rings. The van der Waals surface area contributed by atoms with Gasteiger partial charge in [-0.25, -0.2) is 0 Å². The molecule has 0 radical (unpaired) electrons. The molecule has 1 aromatic carbocycles. The van der Waals surface area contributed by atoms with Gasteiger partial charge in [-0.3, -0.25) is 0 Å². The Kier molecular flexibility index (Phi) is 3.50. The first-order chi connectivity index (χ1) is 9.19. The molecule has 3 heteroatoms. The summed E-state index contributed by atoms with van der Waals surface area (Å²) in [4.78, 5) is 2.48. The van der Waals surface area contributed by atoms with Crippen molar-refractivity contribution in [2.45, 2.75) is 63.3 Å². The number of anilines is 1. The largest absolute Gasteiger partial charge is 0.393 e. The Bertz CT molecular complexity index is 417. The van der Waals surface area contributed by atoms with Gasteiger partial charge in [0, 0.05) is 17.8 Å². The van der Waals surface area contributed by atoms with Crippen molar-refractivity contribution >= 4 is 5.69 Å². The third kappa shape index (κ3) is 2.37. The van der Waals surface area contributed by atoms with Gasteiger partial charge in [-0.15, -0.1) is 0 Å². The van der Waals surface area contributed by atoms with Gasteiger partial charge in [0.1, 0.15) is 0 Å². The summed E-state index contributed by atoms with van der Waals surface area (Å²) in [5.41, 5.74) is 2.24. The molecule has 3 atom stereocenters. The van der Waals surface area contributed by atoms with Crippen LogP contribution in [0.25, 0.3) is 0 Å². The highest BCUT2D eigenvalue weighted by molar-refractivity contribution is 5.51. The number of rotatable bonds is 3. The lowest BCUT2D eigenvalue weighted by molar-refractivity contribution is 0.126. The molecule has 2 fully saturated rings. The molecule has 2 saturated heterocycles. The minimum atomic E-state index is -0.353. The van der Waals surface area contributed by atoms with E-state index in [9.17, 15) is 10.2 Å². The number of aliphatic hydroxyl groups excluding tert-OH is 2. The summed E-state index contributed by atoms with van der Waals surface area (Å²) < 4.78 is 0. The van der Waals surface area contributed by atoms with E-state index in [1.807, 2.05) is 19.1 Å². The van der Waals surface area contributed by atoms with Crippen LogP contribution in [0.3, 0.4) is 0 Å². The van der Waals surface area contributed by atoms with Crippen molar-refractivity contribution < 1.29 is 10.2 Å². The number of nitrogens with zero attached hydrogens (tertiary/aromatic N) is 1. The third-order valence-electron chi connectivity index (χ3n) is 4.67. The highest BCUT2D eigenvalue weighted by atomic mass is 16.3. The van der Waals surface area contributed by atoms with Crippen LogP contribution in [0, 0.1) is 0 Å². The number of fused-ring (bicyclic) bond motifs is 2. The minimum Gasteiger partial charge on any atom is -0.393 e. The van der Waals surface area contributed by atoms with E-state index in [4.69, 9.17) is 0 Å². The molecule has 2 aliphatic rings. The van der Waals surface area contributed by atoms with Crippen molar-refractivity contribution in [2.24, 2.45) is 0 Å². The molecule has 2 N–H and O–H groups in total. The lowest BCUT2D eigenvalue weighted by atomic mass is 9.98. The van der Waals surface area contributed by atoms with Crippen LogP contribution in [0.5, 0.6) is 0 Å². The van der Waals surface area contributed by atoms with E-state index in [2.05, 4.69) is 17.0 Å². The fourth-order valence-corrected chi connectivity index (χ4v) is 3.67. The molecule has 0 aliphatic carbocycles. The first-order valence-corrected chi connectivity index (χ1v) is 7.43. The van der Waals surface area contributed by atoms with E-state index in [-0.39, 0.29) is 12.2 Å². The summed E-state index contributed by atoms with van der Waals surface area (Å²) in [6.45, 7) is 1.99. The number of hydrogen-bond acceptors (Lipinski definition) is 3. The van der Waals surface area contributed by atoms with Crippen LogP contribution in [0.15, 0.2) is 24.3 Å². The Balaban J connectivity index is 1.80. The van der Waals surface area contributed by atoms with Crippen LogP contribution in [-0.2, 0) is 0 Å². The average molecular weight is 261 g/mol. The molecule has 104 valence electrons. The lowest BCUT2D eigenvalue weighted by Gasteiger charge is -2.39. The highest BCUT2D eigenvalue weighted by Gasteiger charge is 2.40. The van der Waals surface area contributed by atoms with E-state index in [1.165, 1.54) is 18.5 Å². The highest BCUT2D eigenvalue weighted by Crippen LogP contribution is 2.39. The van der Waals surface area contributed by atoms with Crippen molar-refractivity contribution in [1.29, 1.82) is 0 Å². The smallest absolute Gasteiger partial charge is 0.0787 e. The SMILES string of the molecule is CC[C@H](O)c1ccc(N2C3CCC2CC(O)C3)cc1. The fraction of sp³-hybridized carbons (Fsp3) is 0.625. The molecule has 2 bridgehead atoms. The van der Waals surface area contributed by atoms with Crippen LogP contribution >= 0.6 is 0 Å². The van der Waals surface area contributed by atoms with Gasteiger partial charge in [0.2, 0.25) is 0 Å². The summed E-state index contributed by atoms with van der Waals surface area (Å²) in [6.07, 6.45) is 4.47. The Labute approximate surface area is 114 Å². The number of hydrogen-bond donors (Lipinski definition) is 2. The van der Waals surface area contributed by atoms with Gasteiger partial charge >= 0.3 is 0 Å². The monoisotopic (exact) mass is 261 g/mol. The maximum Gasteiger partial charge on any atom is 0.0787 e. The van der Waals surface area contributed by atoms with E-state index >= 15 is 0 Å². The molecular formula is C16H23NO2. The Morgan fingerprint density at radius 2 is 1.74 bits per heavy atom. The second-order valence-corrected chi connectivity index (χ2v) is 5.93. The van der Waals surface area contributed by atoms with E-state index in [0.717, 1.165) is 24.8 Å². The number of benzene rings is 1. The predicted octanol–water partition coefficient (Wildman–Crippen LogP) is 2.62. The normalized spacial score (nSPS) is 31.5. The van der Waals surface area contributed by atoms with E-state index in [1.54, 1.807) is 0 Å². The predicted molar refractivity (Wildman–Crippen MR) is 76.2 cm³/mol. The van der Waals surface area contributed by atoms with Gasteiger partial charge in [-0.1, -0.05) is 19.1 Å². The number of piperidine rings is 1. The van der Waals surface area contributed by atoms with Gasteiger partial charge < -0.3 is 15.1 Å². The molecule has 3 nitrogen and oxygen atoms in total. The van der Waals surface area contributed by atoms with Crippen LogP contribution in [-0.4, -0.2) is 28.4 Å². The molecule has 0 amide bonds. The lowest BCUT2D eigenvalue weighted by Crippen LogP contribution is -2.44. The number of aliphatic hydroxyl groups is 2. The van der Waals surface area contributed by atoms with Crippen LogP contribution in [0.2, 0.25) is 0 Å². The van der Waals surface area contributed by atoms with Gasteiger partial charge in [-0.2, -0.15) is 0 Å². The van der Waals surface area contributed by atoms with Crippen molar-refractivity contribution in [3.8, 4) is 0 Å². The molecule has 2 unspecified atom stereocenters. The topological polar surface area (TPSA) is 43.7 Å². The van der Waals surface area contributed by atoms with Crippen LogP contribution in [0.4, 0.5) is 5.69 Å². The molecule has 2 aliphatic heterocycles. The van der Waals surface area contributed by atoms with E-state index in [0.29, 0.717) is 12.1 Å². The van der Waals surface area contributed by atoms with Crippen LogP contribution in [0.1, 0.15) is 50.7 Å². The fourth-order valence-electron chi connectivity index (χ4n) is 3.67. The summed E-state index contributed by atoms with van der Waals surface area (Å²) in [6, 6.07) is 9.31. The molecule has 0 aromatic heterocycles. The van der Waals surface area contributed by atoms with Crippen molar-refractivity contribution in [1.82, 2.24) is 0 Å². The standard InChI is InChI=1S/C16H23NO2/c1-2-16(19)11-3-5-12(6-4-11)17-13-7-8-14(17)10-15(18)9-13/h3-6,13-16,18-19H,2,7-10H2,1H3/t13?,14?,15?,16-/m0/s1. The summed E-state index contributed by atoms with van der Waals surface area (Å²) in [5.74, 6) is 0. The van der Waals surface area contributed by atoms with Gasteiger partial charge in [0.05, 0.1) is 12.2 Å². The van der Waals surface area contributed by atoms with Gasteiger partial charge in [0.25, 0.3) is 0 Å². The Morgan fingerprint density at radius 1 is 1.16 bits per heavy atom. The zero-order valence-corrected chi connectivity index (χ0v) is 11.5. The Morgan fingerprint density at radius 3 is 2.26 bits per heavy atom. The van der Waals surface area contributed by atoms with Gasteiger partial charge in [0.15, 0.2) is 0 Å². The maximum absolute atomic E-state index is 9.84. The molecular weight excluding hydrogens is 238 g/mol. The molecule has 3 rings (SSSR count). The van der Waals surface area contributed by atoms with Crippen molar-refractivity contribution in [2.75, 3.05) is 4.90 Å². The van der Waals surface area contributed by atoms with E-state index < -0.39 is 0 Å². The summed E-state index contributed by atoms with van der Waals surface area (Å²) in [5, 5.41) is 19.7.